The Morgan fingerprint density at radius 3 is 2.11 bits per heavy atom. The van der Waals surface area contributed by atoms with Crippen molar-refractivity contribution in [2.75, 3.05) is 16.8 Å². The Bertz CT molecular complexity index is 1300. The predicted molar refractivity (Wildman–Crippen MR) is 137 cm³/mol. The fourth-order valence-corrected chi connectivity index (χ4v) is 4.99. The average Bonchev–Trinajstić information content (AvgIpc) is 3.65. The van der Waals surface area contributed by atoms with Crippen molar-refractivity contribution in [1.82, 2.24) is 4.72 Å². The van der Waals surface area contributed by atoms with E-state index in [9.17, 15) is 18.0 Å². The van der Waals surface area contributed by atoms with Crippen LogP contribution < -0.4 is 14.9 Å². The molecule has 0 atom stereocenters. The smallest absolute Gasteiger partial charge is 0.258 e. The Labute approximate surface area is 206 Å². The number of carbonyl (C=O) groups excluding carboxylic acids is 2. The maximum Gasteiger partial charge on any atom is 0.258 e. The van der Waals surface area contributed by atoms with Crippen LogP contribution in [-0.2, 0) is 21.2 Å². The van der Waals surface area contributed by atoms with Gasteiger partial charge in [0.2, 0.25) is 15.9 Å². The van der Waals surface area contributed by atoms with Gasteiger partial charge in [0.1, 0.15) is 0 Å². The third-order valence-electron chi connectivity index (χ3n) is 5.82. The number of anilines is 2. The summed E-state index contributed by atoms with van der Waals surface area (Å²) in [5.41, 5.74) is 3.78. The summed E-state index contributed by atoms with van der Waals surface area (Å²) in [4.78, 5) is 27.4. The van der Waals surface area contributed by atoms with Crippen LogP contribution >= 0.6 is 0 Å². The van der Waals surface area contributed by atoms with E-state index >= 15 is 0 Å². The molecule has 2 N–H and O–H groups in total. The maximum atomic E-state index is 13.0. The molecule has 4 rings (SSSR count). The molecule has 0 radical (unpaired) electrons. The van der Waals surface area contributed by atoms with Crippen molar-refractivity contribution in [1.29, 1.82) is 0 Å². The SMILES string of the molecule is CCN(C(=O)c1ccc(NC(=O)Cc2ccc(S(=O)(=O)NC3CC3)cc2)cc1)c1ccc(C)cc1. The summed E-state index contributed by atoms with van der Waals surface area (Å²) in [6.45, 7) is 4.47. The fraction of sp³-hybridized carbons (Fsp3) is 0.259. The zero-order valence-electron chi connectivity index (χ0n) is 19.8. The topological polar surface area (TPSA) is 95.6 Å². The molecule has 7 nitrogen and oxygen atoms in total. The van der Waals surface area contributed by atoms with E-state index in [-0.39, 0.29) is 29.2 Å². The quantitative estimate of drug-likeness (QED) is 0.467. The molecule has 2 amide bonds. The summed E-state index contributed by atoms with van der Waals surface area (Å²) in [6.07, 6.45) is 1.85. The van der Waals surface area contributed by atoms with Gasteiger partial charge >= 0.3 is 0 Å². The lowest BCUT2D eigenvalue weighted by atomic mass is 10.1. The summed E-state index contributed by atoms with van der Waals surface area (Å²) in [5, 5.41) is 2.82. The molecular weight excluding hydrogens is 462 g/mol. The molecule has 1 fully saturated rings. The third kappa shape index (κ3) is 6.35. The van der Waals surface area contributed by atoms with Crippen LogP contribution in [0.3, 0.4) is 0 Å². The molecule has 1 saturated carbocycles. The normalized spacial score (nSPS) is 13.3. The molecule has 1 aliphatic rings. The standard InChI is InChI=1S/C27H29N3O4S/c1-3-30(24-14-4-19(2)5-15-24)27(32)21-8-10-22(11-9-21)28-26(31)18-20-6-16-25(17-7-20)35(33,34)29-23-12-13-23/h4-11,14-17,23,29H,3,12-13,18H2,1-2H3,(H,28,31). The number of nitrogens with one attached hydrogen (secondary N) is 2. The Morgan fingerprint density at radius 1 is 0.914 bits per heavy atom. The number of aryl methyl sites for hydroxylation is 1. The lowest BCUT2D eigenvalue weighted by Gasteiger charge is -2.21. The van der Waals surface area contributed by atoms with Gasteiger partial charge in [0.05, 0.1) is 11.3 Å². The number of amides is 2. The molecule has 3 aromatic rings. The lowest BCUT2D eigenvalue weighted by Crippen LogP contribution is -2.30. The van der Waals surface area contributed by atoms with Gasteiger partial charge in [0.25, 0.3) is 5.91 Å². The molecule has 0 heterocycles. The minimum Gasteiger partial charge on any atom is -0.326 e. The van der Waals surface area contributed by atoms with E-state index in [1.165, 1.54) is 12.1 Å². The second-order valence-corrected chi connectivity index (χ2v) is 10.4. The molecule has 0 bridgehead atoms. The van der Waals surface area contributed by atoms with Crippen LogP contribution in [0.4, 0.5) is 11.4 Å². The number of sulfonamides is 1. The molecule has 0 aliphatic heterocycles. The van der Waals surface area contributed by atoms with Crippen molar-refractivity contribution < 1.29 is 18.0 Å². The highest BCUT2D eigenvalue weighted by Gasteiger charge is 2.27. The van der Waals surface area contributed by atoms with Gasteiger partial charge in [-0.2, -0.15) is 0 Å². The van der Waals surface area contributed by atoms with Crippen molar-refractivity contribution >= 4 is 33.2 Å². The first-order valence-corrected chi connectivity index (χ1v) is 13.1. The predicted octanol–water partition coefficient (Wildman–Crippen LogP) is 4.28. The van der Waals surface area contributed by atoms with Gasteiger partial charge in [-0.25, -0.2) is 13.1 Å². The number of benzene rings is 3. The monoisotopic (exact) mass is 491 g/mol. The van der Waals surface area contributed by atoms with Crippen LogP contribution in [0.2, 0.25) is 0 Å². The molecule has 3 aromatic carbocycles. The minimum atomic E-state index is -3.51. The van der Waals surface area contributed by atoms with E-state index in [1.807, 2.05) is 38.1 Å². The fourth-order valence-electron chi connectivity index (χ4n) is 3.69. The summed E-state index contributed by atoms with van der Waals surface area (Å²) in [7, 11) is -3.51. The van der Waals surface area contributed by atoms with Crippen molar-refractivity contribution in [3.05, 3.63) is 89.5 Å². The van der Waals surface area contributed by atoms with Crippen molar-refractivity contribution in [2.45, 2.75) is 44.0 Å². The van der Waals surface area contributed by atoms with Gasteiger partial charge in [-0.3, -0.25) is 9.59 Å². The molecular formula is C27H29N3O4S. The number of nitrogens with zero attached hydrogens (tertiary/aromatic N) is 1. The van der Waals surface area contributed by atoms with Gasteiger partial charge in [0, 0.05) is 29.5 Å². The molecule has 0 unspecified atom stereocenters. The zero-order valence-corrected chi connectivity index (χ0v) is 20.6. The summed E-state index contributed by atoms with van der Waals surface area (Å²) < 4.78 is 27.2. The van der Waals surface area contributed by atoms with Gasteiger partial charge < -0.3 is 10.2 Å². The molecule has 1 aliphatic carbocycles. The lowest BCUT2D eigenvalue weighted by molar-refractivity contribution is -0.115. The molecule has 35 heavy (non-hydrogen) atoms. The van der Waals surface area contributed by atoms with Crippen LogP contribution in [0.15, 0.2) is 77.7 Å². The Morgan fingerprint density at radius 2 is 1.54 bits per heavy atom. The van der Waals surface area contributed by atoms with E-state index < -0.39 is 10.0 Å². The average molecular weight is 492 g/mol. The first-order valence-electron chi connectivity index (χ1n) is 11.6. The second kappa shape index (κ2) is 10.4. The van der Waals surface area contributed by atoms with Crippen LogP contribution in [0.1, 0.15) is 41.3 Å². The first kappa shape index (κ1) is 24.6. The Kier molecular flexibility index (Phi) is 7.33. The van der Waals surface area contributed by atoms with Gasteiger partial charge in [-0.1, -0.05) is 29.8 Å². The summed E-state index contributed by atoms with van der Waals surface area (Å²) >= 11 is 0. The van der Waals surface area contributed by atoms with Crippen molar-refractivity contribution in [3.8, 4) is 0 Å². The number of rotatable bonds is 9. The van der Waals surface area contributed by atoms with Crippen LogP contribution in [0.5, 0.6) is 0 Å². The Hall–Kier alpha value is -3.49. The molecule has 182 valence electrons. The van der Waals surface area contributed by atoms with E-state index in [2.05, 4.69) is 10.0 Å². The van der Waals surface area contributed by atoms with Crippen LogP contribution in [-0.4, -0.2) is 32.8 Å². The van der Waals surface area contributed by atoms with E-state index in [0.717, 1.165) is 24.1 Å². The minimum absolute atomic E-state index is 0.0415. The highest BCUT2D eigenvalue weighted by Crippen LogP contribution is 2.23. The molecule has 8 heteroatoms. The summed E-state index contributed by atoms with van der Waals surface area (Å²) in [6, 6.07) is 21.0. The Balaban J connectivity index is 1.35. The van der Waals surface area contributed by atoms with E-state index in [0.29, 0.717) is 23.4 Å². The van der Waals surface area contributed by atoms with Gasteiger partial charge in [0.15, 0.2) is 0 Å². The van der Waals surface area contributed by atoms with Gasteiger partial charge in [-0.15, -0.1) is 0 Å². The largest absolute Gasteiger partial charge is 0.326 e. The molecule has 0 saturated heterocycles. The van der Waals surface area contributed by atoms with Gasteiger partial charge in [-0.05, 0) is 80.8 Å². The first-order chi connectivity index (χ1) is 16.7. The molecule has 0 aromatic heterocycles. The maximum absolute atomic E-state index is 13.0. The number of hydrogen-bond acceptors (Lipinski definition) is 4. The van der Waals surface area contributed by atoms with E-state index in [4.69, 9.17) is 0 Å². The molecule has 0 spiro atoms. The number of hydrogen-bond donors (Lipinski definition) is 2. The van der Waals surface area contributed by atoms with Crippen LogP contribution in [0.25, 0.3) is 0 Å². The highest BCUT2D eigenvalue weighted by atomic mass is 32.2. The van der Waals surface area contributed by atoms with Crippen LogP contribution in [0, 0.1) is 6.92 Å². The second-order valence-electron chi connectivity index (χ2n) is 8.73. The zero-order chi connectivity index (χ0) is 25.0. The number of carbonyl (C=O) groups is 2. The van der Waals surface area contributed by atoms with E-state index in [1.54, 1.807) is 41.3 Å². The highest BCUT2D eigenvalue weighted by molar-refractivity contribution is 7.89. The van der Waals surface area contributed by atoms with Crippen molar-refractivity contribution in [3.63, 3.8) is 0 Å². The summed E-state index contributed by atoms with van der Waals surface area (Å²) in [5.74, 6) is -0.342. The third-order valence-corrected chi connectivity index (χ3v) is 7.36. The van der Waals surface area contributed by atoms with Crippen molar-refractivity contribution in [2.24, 2.45) is 0 Å².